The molecule has 210 valence electrons. The Balaban J connectivity index is 1.37. The Morgan fingerprint density at radius 3 is 2.62 bits per heavy atom. The van der Waals surface area contributed by atoms with Gasteiger partial charge >= 0.3 is 6.18 Å². The number of nitrogens with one attached hydrogen (secondary N) is 1. The fourth-order valence-corrected chi connectivity index (χ4v) is 5.94. The van der Waals surface area contributed by atoms with Gasteiger partial charge in [0.1, 0.15) is 17.0 Å². The third kappa shape index (κ3) is 6.42. The van der Waals surface area contributed by atoms with E-state index in [4.69, 9.17) is 9.47 Å². The number of hydrogen-bond acceptors (Lipinski definition) is 8. The molecule has 1 fully saturated rings. The average Bonchev–Trinajstić information content (AvgIpc) is 3.62. The van der Waals surface area contributed by atoms with Crippen LogP contribution in [0.1, 0.15) is 50.0 Å². The number of hydrogen-bond donors (Lipinski definition) is 1. The van der Waals surface area contributed by atoms with Crippen LogP contribution in [0.2, 0.25) is 0 Å². The largest absolute Gasteiger partial charge is 0.493 e. The molecule has 0 saturated carbocycles. The molecule has 5 rings (SSSR count). The third-order valence-corrected chi connectivity index (χ3v) is 7.92. The van der Waals surface area contributed by atoms with Crippen LogP contribution in [0.25, 0.3) is 27.6 Å². The SMILES string of the molecule is COc1cc(-c2[nH]nc(-c3ncc(C4CCN(CCOC(C)(C)C)CC4)s3)c2CC(F)(F)F)cn2ncnc12. The van der Waals surface area contributed by atoms with Gasteiger partial charge in [0.05, 0.1) is 31.4 Å². The van der Waals surface area contributed by atoms with E-state index < -0.39 is 12.6 Å². The van der Waals surface area contributed by atoms with Crippen molar-refractivity contribution >= 4 is 17.0 Å². The van der Waals surface area contributed by atoms with Gasteiger partial charge in [0.25, 0.3) is 0 Å². The van der Waals surface area contributed by atoms with Crippen LogP contribution < -0.4 is 4.74 Å². The molecule has 4 aromatic rings. The quantitative estimate of drug-likeness (QED) is 0.309. The van der Waals surface area contributed by atoms with Crippen LogP contribution in [0.15, 0.2) is 24.8 Å². The van der Waals surface area contributed by atoms with Crippen molar-refractivity contribution in [3.63, 3.8) is 0 Å². The van der Waals surface area contributed by atoms with Gasteiger partial charge in [-0.05, 0) is 58.7 Å². The molecule has 5 heterocycles. The summed E-state index contributed by atoms with van der Waals surface area (Å²) in [5, 5.41) is 11.7. The molecule has 13 heteroatoms. The molecule has 0 aliphatic carbocycles. The maximum absolute atomic E-state index is 13.7. The van der Waals surface area contributed by atoms with E-state index in [9.17, 15) is 13.2 Å². The molecule has 0 amide bonds. The molecule has 0 bridgehead atoms. The van der Waals surface area contributed by atoms with Crippen LogP contribution in [0.5, 0.6) is 5.75 Å². The zero-order valence-electron chi connectivity index (χ0n) is 22.4. The van der Waals surface area contributed by atoms with E-state index >= 15 is 0 Å². The van der Waals surface area contributed by atoms with Crippen molar-refractivity contribution in [2.45, 2.75) is 57.7 Å². The summed E-state index contributed by atoms with van der Waals surface area (Å²) in [7, 11) is 1.48. The number of ether oxygens (including phenoxy) is 2. The highest BCUT2D eigenvalue weighted by Crippen LogP contribution is 2.40. The zero-order valence-corrected chi connectivity index (χ0v) is 23.2. The number of H-pyrrole nitrogens is 1. The molecule has 0 atom stereocenters. The lowest BCUT2D eigenvalue weighted by atomic mass is 9.96. The number of alkyl halides is 3. The van der Waals surface area contributed by atoms with E-state index in [1.54, 1.807) is 18.5 Å². The van der Waals surface area contributed by atoms with Crippen molar-refractivity contribution in [1.82, 2.24) is 34.7 Å². The van der Waals surface area contributed by atoms with Crippen molar-refractivity contribution < 1.29 is 22.6 Å². The molecule has 0 unspecified atom stereocenters. The highest BCUT2D eigenvalue weighted by molar-refractivity contribution is 7.15. The molecule has 1 N–H and O–H groups in total. The maximum atomic E-state index is 13.7. The Hall–Kier alpha value is -3.03. The Bertz CT molecular complexity index is 1420. The topological polar surface area (TPSA) is 93.5 Å². The Labute approximate surface area is 228 Å². The van der Waals surface area contributed by atoms with E-state index in [2.05, 4.69) is 50.9 Å². The summed E-state index contributed by atoms with van der Waals surface area (Å²) < 4.78 is 53.9. The van der Waals surface area contributed by atoms with Gasteiger partial charge in [0, 0.05) is 34.9 Å². The number of halogens is 3. The van der Waals surface area contributed by atoms with Gasteiger partial charge in [0.2, 0.25) is 0 Å². The lowest BCUT2D eigenvalue weighted by Crippen LogP contribution is -2.36. The predicted molar refractivity (Wildman–Crippen MR) is 142 cm³/mol. The molecule has 0 aromatic carbocycles. The summed E-state index contributed by atoms with van der Waals surface area (Å²) in [6.45, 7) is 9.63. The van der Waals surface area contributed by atoms with Crippen molar-refractivity contribution in [2.24, 2.45) is 0 Å². The summed E-state index contributed by atoms with van der Waals surface area (Å²) in [5.74, 6) is 0.714. The summed E-state index contributed by atoms with van der Waals surface area (Å²) in [6, 6.07) is 1.63. The van der Waals surface area contributed by atoms with Gasteiger partial charge in [-0.15, -0.1) is 11.3 Å². The predicted octanol–water partition coefficient (Wildman–Crippen LogP) is 5.35. The molecule has 4 aromatic heterocycles. The highest BCUT2D eigenvalue weighted by Gasteiger charge is 2.34. The number of nitrogens with zero attached hydrogens (tertiary/aromatic N) is 6. The summed E-state index contributed by atoms with van der Waals surface area (Å²) >= 11 is 1.42. The van der Waals surface area contributed by atoms with Crippen molar-refractivity contribution in [2.75, 3.05) is 33.4 Å². The van der Waals surface area contributed by atoms with E-state index in [0.29, 0.717) is 34.5 Å². The van der Waals surface area contributed by atoms with E-state index in [1.807, 2.05) is 0 Å². The van der Waals surface area contributed by atoms with Gasteiger partial charge in [-0.1, -0.05) is 0 Å². The summed E-state index contributed by atoms with van der Waals surface area (Å²) in [5.41, 5.74) is 1.29. The number of pyridine rings is 1. The smallest absolute Gasteiger partial charge is 0.393 e. The number of rotatable bonds is 8. The van der Waals surface area contributed by atoms with Gasteiger partial charge in [0.15, 0.2) is 11.4 Å². The summed E-state index contributed by atoms with van der Waals surface area (Å²) in [6.07, 6.45) is 1.12. The number of aromatic nitrogens is 6. The van der Waals surface area contributed by atoms with Gasteiger partial charge in [-0.25, -0.2) is 14.5 Å². The van der Waals surface area contributed by atoms with Crippen LogP contribution in [-0.2, 0) is 11.2 Å². The number of piperidine rings is 1. The maximum Gasteiger partial charge on any atom is 0.393 e. The van der Waals surface area contributed by atoms with E-state index in [-0.39, 0.29) is 22.6 Å². The minimum atomic E-state index is -4.43. The van der Waals surface area contributed by atoms with Gasteiger partial charge in [-0.2, -0.15) is 23.4 Å². The molecule has 1 saturated heterocycles. The molecular weight excluding hydrogens is 531 g/mol. The molecule has 0 spiro atoms. The van der Waals surface area contributed by atoms with Crippen LogP contribution in [0, 0.1) is 0 Å². The highest BCUT2D eigenvalue weighted by atomic mass is 32.1. The first-order chi connectivity index (χ1) is 18.5. The minimum Gasteiger partial charge on any atom is -0.493 e. The fraction of sp³-hybridized carbons (Fsp3) is 0.538. The first-order valence-electron chi connectivity index (χ1n) is 12.8. The molecule has 9 nitrogen and oxygen atoms in total. The fourth-order valence-electron chi connectivity index (χ4n) is 4.84. The van der Waals surface area contributed by atoms with E-state index in [1.165, 1.54) is 29.3 Å². The first-order valence-corrected chi connectivity index (χ1v) is 13.7. The Morgan fingerprint density at radius 2 is 1.92 bits per heavy atom. The van der Waals surface area contributed by atoms with Crippen molar-refractivity contribution in [1.29, 1.82) is 0 Å². The summed E-state index contributed by atoms with van der Waals surface area (Å²) in [4.78, 5) is 12.1. The minimum absolute atomic E-state index is 0.0404. The number of aromatic amines is 1. The van der Waals surface area contributed by atoms with Crippen LogP contribution >= 0.6 is 11.3 Å². The number of likely N-dealkylation sites (tertiary alicyclic amines) is 1. The normalized spacial score (nSPS) is 15.9. The lowest BCUT2D eigenvalue weighted by Gasteiger charge is -2.32. The van der Waals surface area contributed by atoms with Gasteiger partial charge in [-0.3, -0.25) is 5.10 Å². The van der Waals surface area contributed by atoms with Gasteiger partial charge < -0.3 is 14.4 Å². The van der Waals surface area contributed by atoms with Crippen molar-refractivity contribution in [3.8, 4) is 27.7 Å². The first kappa shape index (κ1) is 27.5. The molecule has 1 aliphatic rings. The molecule has 39 heavy (non-hydrogen) atoms. The Morgan fingerprint density at radius 1 is 1.15 bits per heavy atom. The number of fused-ring (bicyclic) bond motifs is 1. The van der Waals surface area contributed by atoms with E-state index in [0.717, 1.165) is 37.4 Å². The number of methoxy groups -OCH3 is 1. The molecule has 1 aliphatic heterocycles. The zero-order chi connectivity index (χ0) is 27.8. The Kier molecular flexibility index (Phi) is 7.66. The van der Waals surface area contributed by atoms with Crippen LogP contribution in [-0.4, -0.2) is 79.8 Å². The van der Waals surface area contributed by atoms with Crippen LogP contribution in [0.4, 0.5) is 13.2 Å². The third-order valence-electron chi connectivity index (χ3n) is 6.75. The van der Waals surface area contributed by atoms with Crippen LogP contribution in [0.3, 0.4) is 0 Å². The molecular formula is C26H32F3N7O2S. The second-order valence-corrected chi connectivity index (χ2v) is 11.7. The average molecular weight is 564 g/mol. The number of thiazole rings is 1. The standard InChI is InChI=1S/C26H32F3N7O2S/c1-25(2,3)38-10-9-35-7-5-16(6-8-35)20-13-30-24(39-20)22-18(12-26(27,28)29)21(33-34-22)17-11-19(37-4)23-31-15-32-36(23)14-17/h11,13-16H,5-10,12H2,1-4H3,(H,33,34). The monoisotopic (exact) mass is 563 g/mol. The molecule has 0 radical (unpaired) electrons. The second kappa shape index (κ2) is 10.9. The lowest BCUT2D eigenvalue weighted by molar-refractivity contribution is -0.127. The van der Waals surface area contributed by atoms with Crippen molar-refractivity contribution in [3.05, 3.63) is 35.2 Å². The second-order valence-electron chi connectivity index (χ2n) is 10.7.